The summed E-state index contributed by atoms with van der Waals surface area (Å²) >= 11 is 1.35. The van der Waals surface area contributed by atoms with Crippen molar-refractivity contribution in [2.24, 2.45) is 5.73 Å². The van der Waals surface area contributed by atoms with Crippen LogP contribution in [0.25, 0.3) is 11.3 Å². The standard InChI is InChI=1S/C27H32N6O3S/c1-16-13-33(14-17(2)36-16)20-6-4-5-18(9-20)23-15-37-26(31-23)32-24(34)12-30-25(35)19-10-21-22(29-11-19)7-8-27(21,3)28/h4-6,9-11,15-17H,7-8,12-14,28H2,1-3H3,(H,30,35)(H,31,32,34)/t16-,17+,27-/m0/s1. The van der Waals surface area contributed by atoms with Crippen LogP contribution >= 0.6 is 11.3 Å². The number of amides is 2. The summed E-state index contributed by atoms with van der Waals surface area (Å²) in [7, 11) is 0. The lowest BCUT2D eigenvalue weighted by Gasteiger charge is -2.37. The van der Waals surface area contributed by atoms with Gasteiger partial charge in [0.1, 0.15) is 0 Å². The Bertz CT molecular complexity index is 1310. The van der Waals surface area contributed by atoms with E-state index >= 15 is 0 Å². The zero-order valence-electron chi connectivity index (χ0n) is 21.3. The van der Waals surface area contributed by atoms with Crippen LogP contribution in [-0.2, 0) is 21.5 Å². The Morgan fingerprint density at radius 3 is 2.81 bits per heavy atom. The number of pyridine rings is 1. The van der Waals surface area contributed by atoms with Gasteiger partial charge < -0.3 is 26.0 Å². The van der Waals surface area contributed by atoms with E-state index in [-0.39, 0.29) is 30.6 Å². The minimum absolute atomic E-state index is 0.173. The van der Waals surface area contributed by atoms with E-state index in [4.69, 9.17) is 10.5 Å². The summed E-state index contributed by atoms with van der Waals surface area (Å²) in [6.45, 7) is 7.62. The first-order valence-electron chi connectivity index (χ1n) is 12.5. The maximum atomic E-state index is 12.6. The summed E-state index contributed by atoms with van der Waals surface area (Å²) in [6.07, 6.45) is 3.49. The molecule has 3 heterocycles. The Labute approximate surface area is 220 Å². The van der Waals surface area contributed by atoms with Crippen LogP contribution in [0.1, 0.15) is 48.8 Å². The van der Waals surface area contributed by atoms with Crippen molar-refractivity contribution in [1.29, 1.82) is 0 Å². The molecule has 1 saturated heterocycles. The van der Waals surface area contributed by atoms with E-state index in [2.05, 4.69) is 51.5 Å². The maximum absolute atomic E-state index is 12.6. The highest BCUT2D eigenvalue weighted by Crippen LogP contribution is 2.33. The highest BCUT2D eigenvalue weighted by atomic mass is 32.1. The molecule has 1 fully saturated rings. The van der Waals surface area contributed by atoms with Gasteiger partial charge in [-0.25, -0.2) is 4.98 Å². The molecule has 0 saturated carbocycles. The molecule has 1 aromatic carbocycles. The van der Waals surface area contributed by atoms with E-state index in [1.54, 1.807) is 6.07 Å². The summed E-state index contributed by atoms with van der Waals surface area (Å²) in [5.74, 6) is -0.714. The van der Waals surface area contributed by atoms with Crippen molar-refractivity contribution in [2.75, 3.05) is 29.9 Å². The average molecular weight is 521 g/mol. The van der Waals surface area contributed by atoms with Crippen LogP contribution < -0.4 is 21.3 Å². The molecule has 0 radical (unpaired) electrons. The second-order valence-corrected chi connectivity index (χ2v) is 11.0. The molecule has 37 heavy (non-hydrogen) atoms. The molecule has 3 atom stereocenters. The van der Waals surface area contributed by atoms with E-state index < -0.39 is 5.54 Å². The van der Waals surface area contributed by atoms with Gasteiger partial charge in [0.2, 0.25) is 5.91 Å². The predicted octanol–water partition coefficient (Wildman–Crippen LogP) is 3.31. The molecular formula is C27H32N6O3S. The van der Waals surface area contributed by atoms with Crippen molar-refractivity contribution in [3.05, 3.63) is 58.7 Å². The number of nitrogens with zero attached hydrogens (tertiary/aromatic N) is 3. The average Bonchev–Trinajstić information content (AvgIpc) is 3.45. The molecule has 194 valence electrons. The topological polar surface area (TPSA) is 122 Å². The fourth-order valence-corrected chi connectivity index (χ4v) is 5.70. The van der Waals surface area contributed by atoms with Gasteiger partial charge in [-0.1, -0.05) is 12.1 Å². The number of fused-ring (bicyclic) bond motifs is 1. The number of aromatic nitrogens is 2. The van der Waals surface area contributed by atoms with Crippen LogP contribution in [0.15, 0.2) is 41.9 Å². The third-order valence-electron chi connectivity index (χ3n) is 6.82. The van der Waals surface area contributed by atoms with Crippen LogP contribution in [0.2, 0.25) is 0 Å². The van der Waals surface area contributed by atoms with Gasteiger partial charge in [0.25, 0.3) is 5.91 Å². The van der Waals surface area contributed by atoms with Crippen LogP contribution in [0, 0.1) is 0 Å². The third kappa shape index (κ3) is 5.66. The number of anilines is 2. The minimum Gasteiger partial charge on any atom is -0.372 e. The quantitative estimate of drug-likeness (QED) is 0.456. The summed E-state index contributed by atoms with van der Waals surface area (Å²) in [4.78, 5) is 36.4. The van der Waals surface area contributed by atoms with Gasteiger partial charge in [0.05, 0.1) is 30.0 Å². The first-order chi connectivity index (χ1) is 17.7. The number of morpholine rings is 1. The molecule has 0 unspecified atom stereocenters. The van der Waals surface area contributed by atoms with Crippen molar-refractivity contribution in [3.63, 3.8) is 0 Å². The largest absolute Gasteiger partial charge is 0.372 e. The van der Waals surface area contributed by atoms with Gasteiger partial charge >= 0.3 is 0 Å². The summed E-state index contributed by atoms with van der Waals surface area (Å²) in [5, 5.41) is 7.82. The van der Waals surface area contributed by atoms with Crippen LogP contribution in [0.5, 0.6) is 0 Å². The molecule has 2 aliphatic rings. The third-order valence-corrected chi connectivity index (χ3v) is 7.57. The van der Waals surface area contributed by atoms with E-state index in [0.29, 0.717) is 10.7 Å². The number of nitrogens with one attached hydrogen (secondary N) is 2. The van der Waals surface area contributed by atoms with Crippen LogP contribution in [-0.4, -0.2) is 53.6 Å². The molecule has 0 bridgehead atoms. The number of rotatable bonds is 6. The normalized spacial score (nSPS) is 23.0. The second kappa shape index (κ2) is 10.2. The van der Waals surface area contributed by atoms with Gasteiger partial charge in [-0.05, 0) is 57.4 Å². The zero-order chi connectivity index (χ0) is 26.2. The van der Waals surface area contributed by atoms with E-state index in [9.17, 15) is 9.59 Å². The lowest BCUT2D eigenvalue weighted by molar-refractivity contribution is -0.115. The number of ether oxygens (including phenoxy) is 1. The Hall–Kier alpha value is -3.34. The molecule has 1 aliphatic heterocycles. The lowest BCUT2D eigenvalue weighted by atomic mass is 9.96. The number of carbonyl (C=O) groups excluding carboxylic acids is 2. The first-order valence-corrected chi connectivity index (χ1v) is 13.4. The maximum Gasteiger partial charge on any atom is 0.253 e. The zero-order valence-corrected chi connectivity index (χ0v) is 22.1. The van der Waals surface area contributed by atoms with Crippen molar-refractivity contribution in [1.82, 2.24) is 15.3 Å². The predicted molar refractivity (Wildman–Crippen MR) is 145 cm³/mol. The number of nitrogens with two attached hydrogens (primary N) is 1. The molecule has 1 aliphatic carbocycles. The molecule has 3 aromatic rings. The lowest BCUT2D eigenvalue weighted by Crippen LogP contribution is -2.45. The molecule has 10 heteroatoms. The summed E-state index contributed by atoms with van der Waals surface area (Å²) in [6, 6.07) is 10.0. The highest BCUT2D eigenvalue weighted by molar-refractivity contribution is 7.14. The van der Waals surface area contributed by atoms with Crippen molar-refractivity contribution >= 4 is 34.0 Å². The van der Waals surface area contributed by atoms with Crippen molar-refractivity contribution in [3.8, 4) is 11.3 Å². The Morgan fingerprint density at radius 2 is 2.03 bits per heavy atom. The molecule has 9 nitrogen and oxygen atoms in total. The van der Waals surface area contributed by atoms with E-state index in [1.165, 1.54) is 17.5 Å². The SMILES string of the molecule is C[C@@H]1CN(c2cccc(-c3csc(NC(=O)CNC(=O)c4cnc5c(c4)[C@@](C)(N)CC5)n3)c2)C[C@H](C)O1. The molecule has 2 amide bonds. The fraction of sp³-hybridized carbons (Fsp3) is 0.407. The van der Waals surface area contributed by atoms with Gasteiger partial charge in [-0.15, -0.1) is 11.3 Å². The highest BCUT2D eigenvalue weighted by Gasteiger charge is 2.32. The number of carbonyl (C=O) groups is 2. The first kappa shape index (κ1) is 25.3. The molecule has 4 N–H and O–H groups in total. The summed E-state index contributed by atoms with van der Waals surface area (Å²) in [5.41, 5.74) is 10.9. The second-order valence-electron chi connectivity index (χ2n) is 10.1. The van der Waals surface area contributed by atoms with Gasteiger partial charge in [-0.3, -0.25) is 14.6 Å². The Morgan fingerprint density at radius 1 is 1.24 bits per heavy atom. The van der Waals surface area contributed by atoms with Gasteiger partial charge in [0.15, 0.2) is 5.13 Å². The monoisotopic (exact) mass is 520 g/mol. The molecule has 0 spiro atoms. The van der Waals surface area contributed by atoms with Crippen LogP contribution in [0.4, 0.5) is 10.8 Å². The number of benzene rings is 1. The Kier molecular flexibility index (Phi) is 6.98. The van der Waals surface area contributed by atoms with Crippen molar-refractivity contribution in [2.45, 2.75) is 51.4 Å². The number of hydrogen-bond donors (Lipinski definition) is 3. The Balaban J connectivity index is 1.18. The number of thiazole rings is 1. The molecular weight excluding hydrogens is 488 g/mol. The van der Waals surface area contributed by atoms with Gasteiger partial charge in [0, 0.05) is 47.2 Å². The number of hydrogen-bond acceptors (Lipinski definition) is 8. The molecule has 2 aromatic heterocycles. The van der Waals surface area contributed by atoms with E-state index in [0.717, 1.165) is 54.1 Å². The fourth-order valence-electron chi connectivity index (χ4n) is 4.96. The minimum atomic E-state index is -0.489. The summed E-state index contributed by atoms with van der Waals surface area (Å²) < 4.78 is 5.85. The number of aryl methyl sites for hydroxylation is 1. The smallest absolute Gasteiger partial charge is 0.253 e. The van der Waals surface area contributed by atoms with Gasteiger partial charge in [-0.2, -0.15) is 0 Å². The molecule has 5 rings (SSSR count). The van der Waals surface area contributed by atoms with Crippen molar-refractivity contribution < 1.29 is 14.3 Å². The van der Waals surface area contributed by atoms with Crippen LogP contribution in [0.3, 0.4) is 0 Å². The van der Waals surface area contributed by atoms with E-state index in [1.807, 2.05) is 24.4 Å².